The van der Waals surface area contributed by atoms with E-state index in [0.29, 0.717) is 16.7 Å². The van der Waals surface area contributed by atoms with Crippen LogP contribution < -0.4 is 5.32 Å². The van der Waals surface area contributed by atoms with Crippen molar-refractivity contribution in [3.63, 3.8) is 0 Å². The monoisotopic (exact) mass is 608 g/mol. The van der Waals surface area contributed by atoms with Crippen LogP contribution in [0.4, 0.5) is 4.79 Å². The van der Waals surface area contributed by atoms with Gasteiger partial charge in [-0.15, -0.1) is 0 Å². The summed E-state index contributed by atoms with van der Waals surface area (Å²) in [5.41, 5.74) is 5.05. The second-order valence-electron chi connectivity index (χ2n) is 11.9. The predicted octanol–water partition coefficient (Wildman–Crippen LogP) is 7.41. The van der Waals surface area contributed by atoms with Crippen molar-refractivity contribution >= 4 is 35.4 Å². The number of aryl methyl sites for hydroxylation is 3. The molecule has 0 aliphatic heterocycles. The van der Waals surface area contributed by atoms with Crippen LogP contribution in [0.2, 0.25) is 5.02 Å². The molecule has 2 aromatic carbocycles. The highest BCUT2D eigenvalue weighted by atomic mass is 35.5. The molecule has 4 rings (SSSR count). The van der Waals surface area contributed by atoms with Gasteiger partial charge < -0.3 is 15.0 Å². The van der Waals surface area contributed by atoms with Crippen molar-refractivity contribution in [3.8, 4) is 11.1 Å². The highest BCUT2D eigenvalue weighted by Crippen LogP contribution is 2.27. The molecule has 1 N–H and O–H groups in total. The van der Waals surface area contributed by atoms with E-state index in [-0.39, 0.29) is 29.8 Å². The molecule has 0 unspecified atom stereocenters. The Morgan fingerprint density at radius 1 is 1.02 bits per heavy atom. The van der Waals surface area contributed by atoms with Crippen molar-refractivity contribution in [2.24, 2.45) is 0 Å². The minimum atomic E-state index is -0.604. The topological polar surface area (TPSA) is 84.4 Å². The van der Waals surface area contributed by atoms with Crippen LogP contribution in [-0.4, -0.2) is 56.9 Å². The second kappa shape index (κ2) is 14.4. The summed E-state index contributed by atoms with van der Waals surface area (Å²) in [6.45, 7) is 10.3. The molecule has 0 radical (unpaired) electrons. The molecule has 2 atom stereocenters. The number of nitrogens with zero attached hydrogens (tertiary/aromatic N) is 3. The molecule has 0 spiro atoms. The molecule has 1 aromatic heterocycles. The lowest BCUT2D eigenvalue weighted by Gasteiger charge is -2.35. The number of amides is 2. The number of carbonyl (C=O) groups is 2. The molecule has 9 heteroatoms. The maximum atomic E-state index is 13.3. The Kier molecular flexibility index (Phi) is 10.9. The fraction of sp³-hybridized carbons (Fsp3) is 0.455. The minimum absolute atomic E-state index is 0.0935. The van der Waals surface area contributed by atoms with Crippen LogP contribution in [0, 0.1) is 13.8 Å². The van der Waals surface area contributed by atoms with Crippen LogP contribution in [0.25, 0.3) is 11.1 Å². The number of nitrogens with one attached hydrogen (secondary N) is 1. The van der Waals surface area contributed by atoms with E-state index in [2.05, 4.69) is 47.3 Å². The first kappa shape index (κ1) is 31.8. The fourth-order valence-corrected chi connectivity index (χ4v) is 5.86. The van der Waals surface area contributed by atoms with E-state index in [9.17, 15) is 9.59 Å². The lowest BCUT2D eigenvalue weighted by atomic mass is 10.0. The van der Waals surface area contributed by atoms with Crippen molar-refractivity contribution in [2.75, 3.05) is 12.3 Å². The Bertz CT molecular complexity index is 1360. The van der Waals surface area contributed by atoms with Gasteiger partial charge in [-0.1, -0.05) is 53.7 Å². The fourth-order valence-electron chi connectivity index (χ4n) is 5.14. The smallest absolute Gasteiger partial charge is 0.410 e. The molecule has 42 heavy (non-hydrogen) atoms. The average molecular weight is 609 g/mol. The molecule has 1 saturated carbocycles. The number of carbonyl (C=O) groups excluding carboxylic acids is 2. The summed E-state index contributed by atoms with van der Waals surface area (Å²) in [5.74, 6) is 0.110. The highest BCUT2D eigenvalue weighted by molar-refractivity contribution is 7.99. The van der Waals surface area contributed by atoms with Crippen LogP contribution in [0.5, 0.6) is 0 Å². The van der Waals surface area contributed by atoms with Crippen LogP contribution in [0.15, 0.2) is 60.0 Å². The van der Waals surface area contributed by atoms with Crippen LogP contribution in [-0.2, 0) is 16.0 Å². The summed E-state index contributed by atoms with van der Waals surface area (Å²) in [6, 6.07) is 13.8. The van der Waals surface area contributed by atoms with Gasteiger partial charge in [-0.25, -0.2) is 14.8 Å². The standard InChI is InChI=1S/C33H41ClN4O3S/c1-22-11-14-25(18-23(22)2)26-19-35-31(36-20-26)42-21-30(39)37-28-9-6-10-29(28)38(32(40)41-33(3,4)5)17-7-8-24-12-15-27(34)16-13-24/h11-16,18-20,28-29H,6-10,17,21H2,1-5H3,(H,37,39)/t28-,29-/m1/s1. The zero-order valence-electron chi connectivity index (χ0n) is 25.2. The van der Waals surface area contributed by atoms with Gasteiger partial charge in [-0.2, -0.15) is 0 Å². The SMILES string of the molecule is Cc1ccc(-c2cnc(SCC(=O)N[C@@H]3CCC[C@H]3N(CCCc3ccc(Cl)cc3)C(=O)OC(C)(C)C)nc2)cc1C. The summed E-state index contributed by atoms with van der Waals surface area (Å²) in [4.78, 5) is 37.0. The van der Waals surface area contributed by atoms with E-state index in [0.717, 1.165) is 43.2 Å². The number of benzene rings is 2. The molecule has 2 amide bonds. The van der Waals surface area contributed by atoms with Gasteiger partial charge in [0, 0.05) is 35.6 Å². The quantitative estimate of drug-likeness (QED) is 0.190. The largest absolute Gasteiger partial charge is 0.444 e. The molecule has 1 heterocycles. The Morgan fingerprint density at radius 3 is 2.40 bits per heavy atom. The van der Waals surface area contributed by atoms with Gasteiger partial charge in [0.2, 0.25) is 5.91 Å². The molecule has 1 fully saturated rings. The number of hydrogen-bond donors (Lipinski definition) is 1. The number of ether oxygens (including phenoxy) is 1. The summed E-state index contributed by atoms with van der Waals surface area (Å²) < 4.78 is 5.78. The van der Waals surface area contributed by atoms with Gasteiger partial charge in [-0.3, -0.25) is 4.79 Å². The van der Waals surface area contributed by atoms with E-state index < -0.39 is 5.60 Å². The van der Waals surface area contributed by atoms with Crippen LogP contribution in [0.3, 0.4) is 0 Å². The zero-order chi connectivity index (χ0) is 30.3. The number of thioether (sulfide) groups is 1. The minimum Gasteiger partial charge on any atom is -0.444 e. The number of rotatable bonds is 10. The lowest BCUT2D eigenvalue weighted by Crippen LogP contribution is -2.52. The molecule has 224 valence electrons. The Morgan fingerprint density at radius 2 is 1.74 bits per heavy atom. The lowest BCUT2D eigenvalue weighted by molar-refractivity contribution is -0.119. The Hall–Kier alpha value is -3.10. The molecule has 0 saturated heterocycles. The van der Waals surface area contributed by atoms with Crippen molar-refractivity contribution in [3.05, 3.63) is 76.6 Å². The van der Waals surface area contributed by atoms with Gasteiger partial charge in [0.25, 0.3) is 0 Å². The van der Waals surface area contributed by atoms with Gasteiger partial charge in [0.15, 0.2) is 5.16 Å². The number of aromatic nitrogens is 2. The first-order valence-electron chi connectivity index (χ1n) is 14.5. The van der Waals surface area contributed by atoms with E-state index >= 15 is 0 Å². The van der Waals surface area contributed by atoms with Crippen molar-refractivity contribution in [1.82, 2.24) is 20.2 Å². The molecular weight excluding hydrogens is 568 g/mol. The third kappa shape index (κ3) is 9.20. The maximum absolute atomic E-state index is 13.3. The number of halogens is 1. The first-order chi connectivity index (χ1) is 20.0. The van der Waals surface area contributed by atoms with Crippen molar-refractivity contribution in [1.29, 1.82) is 0 Å². The maximum Gasteiger partial charge on any atom is 0.410 e. The van der Waals surface area contributed by atoms with Crippen LogP contribution >= 0.6 is 23.4 Å². The first-order valence-corrected chi connectivity index (χ1v) is 15.9. The van der Waals surface area contributed by atoms with E-state index in [1.165, 1.54) is 28.5 Å². The molecule has 7 nitrogen and oxygen atoms in total. The molecule has 0 bridgehead atoms. The summed E-state index contributed by atoms with van der Waals surface area (Å²) in [6.07, 6.45) is 7.43. The normalized spacial score (nSPS) is 16.7. The van der Waals surface area contributed by atoms with Gasteiger partial charge in [0.05, 0.1) is 11.8 Å². The van der Waals surface area contributed by atoms with Gasteiger partial charge in [0.1, 0.15) is 5.60 Å². The average Bonchev–Trinajstić information content (AvgIpc) is 3.39. The Labute approximate surface area is 258 Å². The van der Waals surface area contributed by atoms with Crippen LogP contribution in [0.1, 0.15) is 63.1 Å². The van der Waals surface area contributed by atoms with E-state index in [1.54, 1.807) is 12.4 Å². The third-order valence-electron chi connectivity index (χ3n) is 7.43. The van der Waals surface area contributed by atoms with Crippen molar-refractivity contribution in [2.45, 2.75) is 89.6 Å². The number of hydrogen-bond acceptors (Lipinski definition) is 6. The predicted molar refractivity (Wildman–Crippen MR) is 170 cm³/mol. The van der Waals surface area contributed by atoms with E-state index in [4.69, 9.17) is 16.3 Å². The molecule has 3 aromatic rings. The van der Waals surface area contributed by atoms with Gasteiger partial charge >= 0.3 is 6.09 Å². The van der Waals surface area contributed by atoms with E-state index in [1.807, 2.05) is 49.9 Å². The third-order valence-corrected chi connectivity index (χ3v) is 8.56. The molecule has 1 aliphatic rings. The van der Waals surface area contributed by atoms with Gasteiger partial charge in [-0.05, 0) is 101 Å². The van der Waals surface area contributed by atoms with Crippen molar-refractivity contribution < 1.29 is 14.3 Å². The highest BCUT2D eigenvalue weighted by Gasteiger charge is 2.37. The molecule has 1 aliphatic carbocycles. The summed E-state index contributed by atoms with van der Waals surface area (Å²) in [5, 5.41) is 4.44. The second-order valence-corrected chi connectivity index (χ2v) is 13.3. The summed E-state index contributed by atoms with van der Waals surface area (Å²) in [7, 11) is 0. The molecular formula is C33H41ClN4O3S. The zero-order valence-corrected chi connectivity index (χ0v) is 26.7. The Balaban J connectivity index is 1.34. The summed E-state index contributed by atoms with van der Waals surface area (Å²) >= 11 is 7.33.